The maximum Gasteiger partial charge on any atom is 0.148 e. The van der Waals surface area contributed by atoms with Crippen molar-refractivity contribution in [3.8, 4) is 0 Å². The van der Waals surface area contributed by atoms with Crippen LogP contribution in [0.5, 0.6) is 0 Å². The van der Waals surface area contributed by atoms with Crippen LogP contribution in [0.3, 0.4) is 0 Å². The van der Waals surface area contributed by atoms with E-state index in [1.807, 2.05) is 0 Å². The zero-order valence-corrected chi connectivity index (χ0v) is 13.5. The lowest BCUT2D eigenvalue weighted by molar-refractivity contribution is -0.221. The zero-order valence-electron chi connectivity index (χ0n) is 13.5. The van der Waals surface area contributed by atoms with Gasteiger partial charge in [-0.15, -0.1) is 0 Å². The molecule has 0 radical (unpaired) electrons. The topological polar surface area (TPSA) is 18.5 Å². The molecule has 0 spiro atoms. The predicted octanol–water partition coefficient (Wildman–Crippen LogP) is 4.63. The lowest BCUT2D eigenvalue weighted by atomic mass is 9.79. The molecule has 0 aliphatic carbocycles. The van der Waals surface area contributed by atoms with Crippen molar-refractivity contribution in [2.75, 3.05) is 6.79 Å². The van der Waals surface area contributed by atoms with Crippen molar-refractivity contribution in [3.05, 3.63) is 0 Å². The summed E-state index contributed by atoms with van der Waals surface area (Å²) in [6.07, 6.45) is 0. The molecule has 0 heterocycles. The Bertz CT molecular complexity index is 213. The molecule has 0 saturated carbocycles. The zero-order chi connectivity index (χ0) is 14.1. The van der Waals surface area contributed by atoms with Gasteiger partial charge in [0.15, 0.2) is 0 Å². The van der Waals surface area contributed by atoms with Gasteiger partial charge in [0.1, 0.15) is 6.79 Å². The first-order valence-electron chi connectivity index (χ1n) is 6.49. The van der Waals surface area contributed by atoms with E-state index in [0.717, 1.165) is 0 Å². The van der Waals surface area contributed by atoms with E-state index in [0.29, 0.717) is 6.79 Å². The van der Waals surface area contributed by atoms with Crippen LogP contribution < -0.4 is 0 Å². The average molecular weight is 244 g/mol. The molecule has 2 heteroatoms. The first kappa shape index (κ1) is 16.9. The summed E-state index contributed by atoms with van der Waals surface area (Å²) in [7, 11) is 0. The van der Waals surface area contributed by atoms with Gasteiger partial charge in [-0.2, -0.15) is 0 Å². The third kappa shape index (κ3) is 4.59. The normalized spacial score (nSPS) is 15.2. The fourth-order valence-corrected chi connectivity index (χ4v) is 0.757. The van der Waals surface area contributed by atoms with Gasteiger partial charge < -0.3 is 9.47 Å². The van der Waals surface area contributed by atoms with E-state index in [-0.39, 0.29) is 22.0 Å². The fourth-order valence-electron chi connectivity index (χ4n) is 0.757. The second kappa shape index (κ2) is 4.89. The Labute approximate surface area is 108 Å². The van der Waals surface area contributed by atoms with Crippen molar-refractivity contribution < 1.29 is 9.47 Å². The van der Waals surface area contributed by atoms with Crippen molar-refractivity contribution in [2.24, 2.45) is 10.8 Å². The maximum absolute atomic E-state index is 5.90. The highest BCUT2D eigenvalue weighted by atomic mass is 16.7. The first-order chi connectivity index (χ1) is 7.21. The minimum Gasteiger partial charge on any atom is -0.349 e. The molecule has 0 unspecified atom stereocenters. The van der Waals surface area contributed by atoms with Gasteiger partial charge in [-0.3, -0.25) is 0 Å². The van der Waals surface area contributed by atoms with E-state index in [1.165, 1.54) is 0 Å². The third-order valence-electron chi connectivity index (χ3n) is 4.45. The maximum atomic E-state index is 5.90. The van der Waals surface area contributed by atoms with E-state index < -0.39 is 0 Å². The molecule has 104 valence electrons. The molecule has 0 atom stereocenters. The molecule has 17 heavy (non-hydrogen) atoms. The van der Waals surface area contributed by atoms with E-state index in [2.05, 4.69) is 69.2 Å². The largest absolute Gasteiger partial charge is 0.349 e. The minimum absolute atomic E-state index is 0.0994. The second-order valence-corrected chi connectivity index (χ2v) is 7.93. The molecule has 0 aliphatic heterocycles. The van der Waals surface area contributed by atoms with Crippen molar-refractivity contribution in [1.82, 2.24) is 0 Å². The van der Waals surface area contributed by atoms with E-state index in [1.54, 1.807) is 0 Å². The van der Waals surface area contributed by atoms with Crippen LogP contribution in [0, 0.1) is 10.8 Å². The highest BCUT2D eigenvalue weighted by molar-refractivity contribution is 4.85. The summed E-state index contributed by atoms with van der Waals surface area (Å²) < 4.78 is 11.8. The molecule has 0 aromatic carbocycles. The van der Waals surface area contributed by atoms with Crippen molar-refractivity contribution in [1.29, 1.82) is 0 Å². The average Bonchev–Trinajstić information content (AvgIpc) is 1.98. The lowest BCUT2D eigenvalue weighted by Crippen LogP contribution is -2.44. The van der Waals surface area contributed by atoms with Crippen LogP contribution in [-0.2, 0) is 9.47 Å². The van der Waals surface area contributed by atoms with Gasteiger partial charge in [-0.25, -0.2) is 0 Å². The third-order valence-corrected chi connectivity index (χ3v) is 4.45. The van der Waals surface area contributed by atoms with E-state index >= 15 is 0 Å². The molecule has 0 amide bonds. The van der Waals surface area contributed by atoms with Crippen molar-refractivity contribution in [2.45, 2.75) is 80.4 Å². The minimum atomic E-state index is -0.193. The Morgan fingerprint density at radius 1 is 0.529 bits per heavy atom. The standard InChI is InChI=1S/C15H32O2/c1-12(2,3)14(7,8)16-11-17-15(9,10)13(4,5)6/h11H2,1-10H3. The Balaban J connectivity index is 4.36. The summed E-state index contributed by atoms with van der Waals surface area (Å²) in [6.45, 7) is 21.9. The fraction of sp³-hybridized carbons (Fsp3) is 1.00. The van der Waals surface area contributed by atoms with E-state index in [4.69, 9.17) is 9.47 Å². The molecular formula is C15H32O2. The monoisotopic (exact) mass is 244 g/mol. The van der Waals surface area contributed by atoms with Crippen molar-refractivity contribution >= 4 is 0 Å². The Morgan fingerprint density at radius 2 is 0.765 bits per heavy atom. The van der Waals surface area contributed by atoms with Crippen LogP contribution in [0.25, 0.3) is 0 Å². The smallest absolute Gasteiger partial charge is 0.148 e. The molecule has 2 nitrogen and oxygen atoms in total. The molecule has 0 aromatic heterocycles. The van der Waals surface area contributed by atoms with Gasteiger partial charge in [-0.05, 0) is 38.5 Å². The Morgan fingerprint density at radius 3 is 0.941 bits per heavy atom. The van der Waals surface area contributed by atoms with Gasteiger partial charge in [0, 0.05) is 0 Å². The molecule has 0 aliphatic rings. The molecule has 0 saturated heterocycles. The summed E-state index contributed by atoms with van der Waals surface area (Å²) in [4.78, 5) is 0. The van der Waals surface area contributed by atoms with Crippen LogP contribution in [0.1, 0.15) is 69.2 Å². The highest BCUT2D eigenvalue weighted by Gasteiger charge is 2.37. The highest BCUT2D eigenvalue weighted by Crippen LogP contribution is 2.35. The van der Waals surface area contributed by atoms with Gasteiger partial charge >= 0.3 is 0 Å². The Hall–Kier alpha value is -0.0800. The van der Waals surface area contributed by atoms with Crippen molar-refractivity contribution in [3.63, 3.8) is 0 Å². The molecule has 0 bridgehead atoms. The van der Waals surface area contributed by atoms with Crippen LogP contribution in [0.15, 0.2) is 0 Å². The quantitative estimate of drug-likeness (QED) is 0.671. The summed E-state index contributed by atoms with van der Waals surface area (Å²) in [6, 6.07) is 0. The summed E-state index contributed by atoms with van der Waals surface area (Å²) >= 11 is 0. The van der Waals surface area contributed by atoms with Crippen LogP contribution in [0.2, 0.25) is 0 Å². The molecule has 0 aromatic rings. The van der Waals surface area contributed by atoms with Crippen LogP contribution >= 0.6 is 0 Å². The van der Waals surface area contributed by atoms with Gasteiger partial charge in [-0.1, -0.05) is 41.5 Å². The molecule has 0 N–H and O–H groups in total. The second-order valence-electron chi connectivity index (χ2n) is 7.93. The number of hydrogen-bond acceptors (Lipinski definition) is 2. The predicted molar refractivity (Wildman–Crippen MR) is 74.1 cm³/mol. The SMILES string of the molecule is CC(C)(C)C(C)(C)OCOC(C)(C)C(C)(C)C. The van der Waals surface area contributed by atoms with E-state index in [9.17, 15) is 0 Å². The van der Waals surface area contributed by atoms with Gasteiger partial charge in [0.25, 0.3) is 0 Å². The first-order valence-corrected chi connectivity index (χ1v) is 6.49. The number of ether oxygens (including phenoxy) is 2. The summed E-state index contributed by atoms with van der Waals surface area (Å²) in [5.41, 5.74) is -0.188. The lowest BCUT2D eigenvalue weighted by Gasteiger charge is -2.42. The summed E-state index contributed by atoms with van der Waals surface area (Å²) in [5.74, 6) is 0. The molecular weight excluding hydrogens is 212 g/mol. The van der Waals surface area contributed by atoms with Gasteiger partial charge in [0.2, 0.25) is 0 Å². The Kier molecular flexibility index (Phi) is 4.87. The number of hydrogen-bond donors (Lipinski definition) is 0. The van der Waals surface area contributed by atoms with Crippen LogP contribution in [-0.4, -0.2) is 18.0 Å². The molecule has 0 fully saturated rings. The van der Waals surface area contributed by atoms with Crippen LogP contribution in [0.4, 0.5) is 0 Å². The number of rotatable bonds is 4. The summed E-state index contributed by atoms with van der Waals surface area (Å²) in [5, 5.41) is 0. The van der Waals surface area contributed by atoms with Gasteiger partial charge in [0.05, 0.1) is 11.2 Å². The molecule has 0 rings (SSSR count).